The number of nitrogens with zero attached hydrogens (tertiary/aromatic N) is 3. The Kier molecular flexibility index (Phi) is 4.70. The van der Waals surface area contributed by atoms with E-state index < -0.39 is 0 Å². The predicted octanol–water partition coefficient (Wildman–Crippen LogP) is 1.66. The fourth-order valence-corrected chi connectivity index (χ4v) is 1.88. The number of rotatable bonds is 6. The lowest BCUT2D eigenvalue weighted by atomic mass is 10.2. The van der Waals surface area contributed by atoms with Crippen LogP contribution in [0, 0.1) is 0 Å². The molecule has 1 amide bonds. The van der Waals surface area contributed by atoms with Crippen LogP contribution in [0.1, 0.15) is 30.0 Å². The van der Waals surface area contributed by atoms with Gasteiger partial charge < -0.3 is 15.2 Å². The maximum absolute atomic E-state index is 12.0. The Bertz CT molecular complexity index is 561. The first kappa shape index (κ1) is 14.0. The molecule has 2 rings (SSSR count). The van der Waals surface area contributed by atoms with E-state index in [0.29, 0.717) is 12.1 Å². The zero-order valence-electron chi connectivity index (χ0n) is 11.8. The SMILES string of the molecule is CCNc1ccc(C(=O)NCc2nncn2CC)cc1. The summed E-state index contributed by atoms with van der Waals surface area (Å²) in [6.07, 6.45) is 1.66. The summed E-state index contributed by atoms with van der Waals surface area (Å²) in [5.74, 6) is 0.642. The number of nitrogens with one attached hydrogen (secondary N) is 2. The summed E-state index contributed by atoms with van der Waals surface area (Å²) in [4.78, 5) is 12.0. The molecule has 0 saturated carbocycles. The number of aromatic nitrogens is 3. The van der Waals surface area contributed by atoms with E-state index in [1.54, 1.807) is 18.5 Å². The summed E-state index contributed by atoms with van der Waals surface area (Å²) in [7, 11) is 0. The van der Waals surface area contributed by atoms with Crippen LogP contribution < -0.4 is 10.6 Å². The van der Waals surface area contributed by atoms with Crippen molar-refractivity contribution in [2.45, 2.75) is 26.9 Å². The van der Waals surface area contributed by atoms with E-state index in [2.05, 4.69) is 20.8 Å². The molecule has 0 aliphatic carbocycles. The van der Waals surface area contributed by atoms with Crippen molar-refractivity contribution in [1.82, 2.24) is 20.1 Å². The van der Waals surface area contributed by atoms with E-state index in [1.165, 1.54) is 0 Å². The second-order valence-corrected chi connectivity index (χ2v) is 4.32. The topological polar surface area (TPSA) is 71.8 Å². The number of carbonyl (C=O) groups is 1. The third-order valence-electron chi connectivity index (χ3n) is 2.97. The third kappa shape index (κ3) is 3.34. The Morgan fingerprint density at radius 2 is 2.00 bits per heavy atom. The number of hydrogen-bond donors (Lipinski definition) is 2. The molecular weight excluding hydrogens is 254 g/mol. The lowest BCUT2D eigenvalue weighted by Crippen LogP contribution is -2.24. The molecule has 1 aromatic carbocycles. The highest BCUT2D eigenvalue weighted by Crippen LogP contribution is 2.09. The van der Waals surface area contributed by atoms with Crippen molar-refractivity contribution in [2.75, 3.05) is 11.9 Å². The maximum atomic E-state index is 12.0. The molecule has 2 aromatic rings. The van der Waals surface area contributed by atoms with Crippen molar-refractivity contribution in [3.05, 3.63) is 42.0 Å². The average Bonchev–Trinajstić information content (AvgIpc) is 2.93. The van der Waals surface area contributed by atoms with Gasteiger partial charge in [0.2, 0.25) is 0 Å². The molecule has 6 nitrogen and oxygen atoms in total. The second-order valence-electron chi connectivity index (χ2n) is 4.32. The van der Waals surface area contributed by atoms with Crippen LogP contribution in [0.2, 0.25) is 0 Å². The molecular formula is C14H19N5O. The predicted molar refractivity (Wildman–Crippen MR) is 77.5 cm³/mol. The number of hydrogen-bond acceptors (Lipinski definition) is 4. The molecule has 1 aromatic heterocycles. The van der Waals surface area contributed by atoms with Crippen LogP contribution in [0.15, 0.2) is 30.6 Å². The van der Waals surface area contributed by atoms with Gasteiger partial charge in [-0.05, 0) is 38.1 Å². The van der Waals surface area contributed by atoms with Crippen LogP contribution in [0.25, 0.3) is 0 Å². The van der Waals surface area contributed by atoms with Gasteiger partial charge >= 0.3 is 0 Å². The first-order chi connectivity index (χ1) is 9.74. The summed E-state index contributed by atoms with van der Waals surface area (Å²) in [6.45, 7) is 6.06. The molecule has 0 aliphatic rings. The van der Waals surface area contributed by atoms with Gasteiger partial charge in [-0.2, -0.15) is 0 Å². The van der Waals surface area contributed by atoms with Gasteiger partial charge in [-0.25, -0.2) is 0 Å². The third-order valence-corrected chi connectivity index (χ3v) is 2.97. The van der Waals surface area contributed by atoms with Gasteiger partial charge in [-0.3, -0.25) is 4.79 Å². The summed E-state index contributed by atoms with van der Waals surface area (Å²) in [5.41, 5.74) is 1.64. The number of aryl methyl sites for hydroxylation is 1. The molecule has 0 saturated heterocycles. The smallest absolute Gasteiger partial charge is 0.251 e. The molecule has 0 bridgehead atoms. The van der Waals surface area contributed by atoms with Gasteiger partial charge in [-0.1, -0.05) is 0 Å². The van der Waals surface area contributed by atoms with Gasteiger partial charge in [-0.15, -0.1) is 10.2 Å². The monoisotopic (exact) mass is 273 g/mol. The van der Waals surface area contributed by atoms with Crippen molar-refractivity contribution >= 4 is 11.6 Å². The van der Waals surface area contributed by atoms with Crippen LogP contribution in [0.3, 0.4) is 0 Å². The summed E-state index contributed by atoms with van der Waals surface area (Å²) in [6, 6.07) is 7.40. The van der Waals surface area contributed by atoms with Crippen molar-refractivity contribution in [3.63, 3.8) is 0 Å². The van der Waals surface area contributed by atoms with E-state index in [1.807, 2.05) is 30.5 Å². The zero-order chi connectivity index (χ0) is 14.4. The van der Waals surface area contributed by atoms with Crippen molar-refractivity contribution in [2.24, 2.45) is 0 Å². The van der Waals surface area contributed by atoms with E-state index in [4.69, 9.17) is 0 Å². The van der Waals surface area contributed by atoms with Crippen molar-refractivity contribution in [3.8, 4) is 0 Å². The maximum Gasteiger partial charge on any atom is 0.251 e. The number of benzene rings is 1. The van der Waals surface area contributed by atoms with Gasteiger partial charge in [0.1, 0.15) is 6.33 Å². The summed E-state index contributed by atoms with van der Waals surface area (Å²) in [5, 5.41) is 13.8. The molecule has 1 heterocycles. The Labute approximate surface area is 118 Å². The van der Waals surface area contributed by atoms with Crippen molar-refractivity contribution < 1.29 is 4.79 Å². The van der Waals surface area contributed by atoms with Crippen LogP contribution >= 0.6 is 0 Å². The quantitative estimate of drug-likeness (QED) is 0.839. The molecule has 0 fully saturated rings. The highest BCUT2D eigenvalue weighted by atomic mass is 16.1. The molecule has 20 heavy (non-hydrogen) atoms. The molecule has 0 radical (unpaired) electrons. The minimum atomic E-state index is -0.112. The molecule has 0 spiro atoms. The Balaban J connectivity index is 1.94. The first-order valence-corrected chi connectivity index (χ1v) is 6.73. The minimum Gasteiger partial charge on any atom is -0.385 e. The van der Waals surface area contributed by atoms with E-state index in [0.717, 1.165) is 24.6 Å². The first-order valence-electron chi connectivity index (χ1n) is 6.73. The van der Waals surface area contributed by atoms with E-state index >= 15 is 0 Å². The largest absolute Gasteiger partial charge is 0.385 e. The lowest BCUT2D eigenvalue weighted by molar-refractivity contribution is 0.0949. The molecule has 6 heteroatoms. The van der Waals surface area contributed by atoms with Gasteiger partial charge in [0.05, 0.1) is 6.54 Å². The Morgan fingerprint density at radius 3 is 2.65 bits per heavy atom. The summed E-state index contributed by atoms with van der Waals surface area (Å²) < 4.78 is 1.90. The zero-order valence-corrected chi connectivity index (χ0v) is 11.8. The van der Waals surface area contributed by atoms with E-state index in [9.17, 15) is 4.79 Å². The highest BCUT2D eigenvalue weighted by Gasteiger charge is 2.08. The van der Waals surface area contributed by atoms with Gasteiger partial charge in [0, 0.05) is 24.3 Å². The number of carbonyl (C=O) groups excluding carboxylic acids is 1. The number of amides is 1. The molecule has 0 aliphatic heterocycles. The molecule has 106 valence electrons. The Hall–Kier alpha value is -2.37. The van der Waals surface area contributed by atoms with Crippen LogP contribution in [0.5, 0.6) is 0 Å². The molecule has 2 N–H and O–H groups in total. The van der Waals surface area contributed by atoms with Gasteiger partial charge in [0.25, 0.3) is 5.91 Å². The highest BCUT2D eigenvalue weighted by molar-refractivity contribution is 5.94. The average molecular weight is 273 g/mol. The lowest BCUT2D eigenvalue weighted by Gasteiger charge is -2.07. The Morgan fingerprint density at radius 1 is 1.25 bits per heavy atom. The van der Waals surface area contributed by atoms with Crippen molar-refractivity contribution in [1.29, 1.82) is 0 Å². The normalized spacial score (nSPS) is 10.3. The summed E-state index contributed by atoms with van der Waals surface area (Å²) >= 11 is 0. The molecule has 0 unspecified atom stereocenters. The fourth-order valence-electron chi connectivity index (χ4n) is 1.88. The fraction of sp³-hybridized carbons (Fsp3) is 0.357. The van der Waals surface area contributed by atoms with Crippen LogP contribution in [-0.4, -0.2) is 27.2 Å². The van der Waals surface area contributed by atoms with Crippen LogP contribution in [-0.2, 0) is 13.1 Å². The minimum absolute atomic E-state index is 0.112. The van der Waals surface area contributed by atoms with Gasteiger partial charge in [0.15, 0.2) is 5.82 Å². The van der Waals surface area contributed by atoms with E-state index in [-0.39, 0.29) is 5.91 Å². The number of anilines is 1. The second kappa shape index (κ2) is 6.70. The van der Waals surface area contributed by atoms with Crippen LogP contribution in [0.4, 0.5) is 5.69 Å². The standard InChI is InChI=1S/C14H19N5O/c1-3-15-12-7-5-11(6-8-12)14(20)16-9-13-18-17-10-19(13)4-2/h5-8,10,15H,3-4,9H2,1-2H3,(H,16,20). The molecule has 0 atom stereocenters.